The fourth-order valence-corrected chi connectivity index (χ4v) is 3.04. The number of hydrogen-bond donors (Lipinski definition) is 1. The molecule has 0 spiro atoms. The number of aryl methyl sites for hydroxylation is 1. The number of rotatable bonds is 3. The summed E-state index contributed by atoms with van der Waals surface area (Å²) in [7, 11) is -3.85. The van der Waals surface area contributed by atoms with Crippen molar-refractivity contribution in [2.75, 3.05) is 0 Å². The Hall–Kier alpha value is -2.44. The molecule has 0 fully saturated rings. The van der Waals surface area contributed by atoms with Crippen LogP contribution in [0.4, 0.5) is 0 Å². The van der Waals surface area contributed by atoms with Crippen molar-refractivity contribution in [1.82, 2.24) is 4.98 Å². The highest BCUT2D eigenvalue weighted by Gasteiger charge is 2.21. The van der Waals surface area contributed by atoms with Gasteiger partial charge in [-0.15, -0.1) is 0 Å². The summed E-state index contributed by atoms with van der Waals surface area (Å²) in [4.78, 5) is 4.37. The van der Waals surface area contributed by atoms with E-state index in [1.54, 1.807) is 25.1 Å². The van der Waals surface area contributed by atoms with E-state index >= 15 is 0 Å². The molecule has 0 atom stereocenters. The molecule has 2 aromatic carbocycles. The number of aromatic nitrogens is 1. The van der Waals surface area contributed by atoms with Gasteiger partial charge in [0.05, 0.1) is 4.90 Å². The van der Waals surface area contributed by atoms with Gasteiger partial charge in [-0.1, -0.05) is 48.5 Å². The highest BCUT2D eigenvalue weighted by atomic mass is 32.2. The van der Waals surface area contributed by atoms with Crippen molar-refractivity contribution in [3.05, 3.63) is 60.5 Å². The van der Waals surface area contributed by atoms with Gasteiger partial charge in [-0.3, -0.25) is 0 Å². The summed E-state index contributed by atoms with van der Waals surface area (Å²) in [5, 5.41) is 5.30. The van der Waals surface area contributed by atoms with E-state index in [0.717, 1.165) is 5.56 Å². The van der Waals surface area contributed by atoms with E-state index in [4.69, 9.17) is 9.56 Å². The number of nitrogens with two attached hydrogens (primary N) is 1. The molecule has 3 rings (SSSR count). The number of benzene rings is 2. The number of primary sulfonamides is 1. The minimum Gasteiger partial charge on any atom is -0.440 e. The quantitative estimate of drug-likeness (QED) is 0.805. The summed E-state index contributed by atoms with van der Waals surface area (Å²) in [6.07, 6.45) is 0. The second kappa shape index (κ2) is 5.40. The van der Waals surface area contributed by atoms with Crippen LogP contribution in [-0.4, -0.2) is 13.4 Å². The lowest BCUT2D eigenvalue weighted by Crippen LogP contribution is -2.13. The molecule has 0 aliphatic rings. The van der Waals surface area contributed by atoms with Crippen LogP contribution in [0.2, 0.25) is 0 Å². The highest BCUT2D eigenvalue weighted by Crippen LogP contribution is 2.35. The molecule has 6 heteroatoms. The van der Waals surface area contributed by atoms with Gasteiger partial charge in [0, 0.05) is 18.1 Å². The zero-order valence-corrected chi connectivity index (χ0v) is 12.7. The monoisotopic (exact) mass is 314 g/mol. The zero-order valence-electron chi connectivity index (χ0n) is 11.9. The topological polar surface area (TPSA) is 86.2 Å². The van der Waals surface area contributed by atoms with E-state index in [1.165, 1.54) is 6.07 Å². The second-order valence-electron chi connectivity index (χ2n) is 4.82. The van der Waals surface area contributed by atoms with Crippen LogP contribution in [0.3, 0.4) is 0 Å². The number of nitrogens with zero attached hydrogens (tertiary/aromatic N) is 1. The van der Waals surface area contributed by atoms with Crippen molar-refractivity contribution in [2.24, 2.45) is 5.14 Å². The SMILES string of the molecule is Cc1nc(-c2ccccc2S(N)(=O)=O)c(-c2ccccc2)o1. The van der Waals surface area contributed by atoms with E-state index in [9.17, 15) is 8.42 Å². The third-order valence-electron chi connectivity index (χ3n) is 3.22. The molecule has 0 amide bonds. The molecule has 0 saturated carbocycles. The first-order valence-electron chi connectivity index (χ1n) is 6.62. The van der Waals surface area contributed by atoms with Gasteiger partial charge in [0.2, 0.25) is 10.0 Å². The Balaban J connectivity index is 2.28. The van der Waals surface area contributed by atoms with Crippen LogP contribution in [0, 0.1) is 6.92 Å². The summed E-state index contributed by atoms with van der Waals surface area (Å²) in [6, 6.07) is 15.9. The van der Waals surface area contributed by atoms with Crippen LogP contribution in [0.25, 0.3) is 22.6 Å². The Morgan fingerprint density at radius 3 is 2.32 bits per heavy atom. The van der Waals surface area contributed by atoms with E-state index in [2.05, 4.69) is 4.98 Å². The molecule has 0 bridgehead atoms. The van der Waals surface area contributed by atoms with Crippen molar-refractivity contribution >= 4 is 10.0 Å². The molecule has 2 N–H and O–H groups in total. The van der Waals surface area contributed by atoms with Crippen LogP contribution >= 0.6 is 0 Å². The van der Waals surface area contributed by atoms with Gasteiger partial charge in [-0.2, -0.15) is 0 Å². The van der Waals surface area contributed by atoms with E-state index in [-0.39, 0.29) is 4.90 Å². The van der Waals surface area contributed by atoms with Crippen LogP contribution in [-0.2, 0) is 10.0 Å². The Morgan fingerprint density at radius 1 is 1.00 bits per heavy atom. The fourth-order valence-electron chi connectivity index (χ4n) is 2.31. The second-order valence-corrected chi connectivity index (χ2v) is 6.35. The van der Waals surface area contributed by atoms with Crippen LogP contribution in [0.5, 0.6) is 0 Å². The standard InChI is InChI=1S/C16H14N2O3S/c1-11-18-15(16(21-11)12-7-3-2-4-8-12)13-9-5-6-10-14(13)22(17,19)20/h2-10H,1H3,(H2,17,19,20). The maximum absolute atomic E-state index is 11.8. The molecule has 0 radical (unpaired) electrons. The molecule has 0 saturated heterocycles. The van der Waals surface area contributed by atoms with Gasteiger partial charge in [0.1, 0.15) is 5.69 Å². The number of sulfonamides is 1. The fraction of sp³-hybridized carbons (Fsp3) is 0.0625. The number of hydrogen-bond acceptors (Lipinski definition) is 4. The summed E-state index contributed by atoms with van der Waals surface area (Å²) < 4.78 is 29.3. The number of oxazole rings is 1. The minimum absolute atomic E-state index is 0.0282. The summed E-state index contributed by atoms with van der Waals surface area (Å²) in [6.45, 7) is 1.72. The lowest BCUT2D eigenvalue weighted by Gasteiger charge is -2.06. The molecular formula is C16H14N2O3S. The molecule has 22 heavy (non-hydrogen) atoms. The first kappa shape index (κ1) is 14.5. The molecule has 0 aliphatic carbocycles. The largest absolute Gasteiger partial charge is 0.440 e. The van der Waals surface area contributed by atoms with E-state index < -0.39 is 10.0 Å². The van der Waals surface area contributed by atoms with Crippen molar-refractivity contribution in [2.45, 2.75) is 11.8 Å². The van der Waals surface area contributed by atoms with Crippen molar-refractivity contribution in [3.63, 3.8) is 0 Å². The maximum atomic E-state index is 11.8. The van der Waals surface area contributed by atoms with Gasteiger partial charge >= 0.3 is 0 Å². The van der Waals surface area contributed by atoms with Gasteiger partial charge in [-0.05, 0) is 6.07 Å². The van der Waals surface area contributed by atoms with E-state index in [1.807, 2.05) is 30.3 Å². The molecule has 1 heterocycles. The predicted molar refractivity (Wildman–Crippen MR) is 83.5 cm³/mol. The summed E-state index contributed by atoms with van der Waals surface area (Å²) in [5.41, 5.74) is 1.72. The molecule has 112 valence electrons. The Labute approximate surface area is 128 Å². The van der Waals surface area contributed by atoms with Crippen LogP contribution < -0.4 is 5.14 Å². The lowest BCUT2D eigenvalue weighted by atomic mass is 10.1. The van der Waals surface area contributed by atoms with Crippen molar-refractivity contribution in [1.29, 1.82) is 0 Å². The molecular weight excluding hydrogens is 300 g/mol. The Kier molecular flexibility index (Phi) is 3.56. The summed E-state index contributed by atoms with van der Waals surface area (Å²) >= 11 is 0. The van der Waals surface area contributed by atoms with Gasteiger partial charge in [-0.25, -0.2) is 18.5 Å². The average Bonchev–Trinajstić information content (AvgIpc) is 2.89. The third kappa shape index (κ3) is 2.66. The van der Waals surface area contributed by atoms with Gasteiger partial charge in [0.25, 0.3) is 0 Å². The predicted octanol–water partition coefficient (Wildman–Crippen LogP) is 2.96. The Bertz CT molecular complexity index is 916. The highest BCUT2D eigenvalue weighted by molar-refractivity contribution is 7.89. The van der Waals surface area contributed by atoms with Gasteiger partial charge in [0.15, 0.2) is 11.7 Å². The van der Waals surface area contributed by atoms with Crippen LogP contribution in [0.15, 0.2) is 63.9 Å². The zero-order chi connectivity index (χ0) is 15.7. The van der Waals surface area contributed by atoms with Crippen molar-refractivity contribution in [3.8, 4) is 22.6 Å². The normalized spacial score (nSPS) is 11.5. The molecule has 5 nitrogen and oxygen atoms in total. The Morgan fingerprint density at radius 2 is 1.64 bits per heavy atom. The minimum atomic E-state index is -3.85. The molecule has 1 aromatic heterocycles. The smallest absolute Gasteiger partial charge is 0.238 e. The van der Waals surface area contributed by atoms with E-state index in [0.29, 0.717) is 22.9 Å². The maximum Gasteiger partial charge on any atom is 0.238 e. The lowest BCUT2D eigenvalue weighted by molar-refractivity contribution is 0.534. The molecule has 3 aromatic rings. The van der Waals surface area contributed by atoms with Crippen LogP contribution in [0.1, 0.15) is 5.89 Å². The third-order valence-corrected chi connectivity index (χ3v) is 4.19. The molecule has 0 aliphatic heterocycles. The van der Waals surface area contributed by atoms with Gasteiger partial charge < -0.3 is 4.42 Å². The first-order chi connectivity index (χ1) is 10.5. The molecule has 0 unspecified atom stereocenters. The summed E-state index contributed by atoms with van der Waals surface area (Å²) in [5.74, 6) is 0.979. The van der Waals surface area contributed by atoms with Crippen molar-refractivity contribution < 1.29 is 12.8 Å². The first-order valence-corrected chi connectivity index (χ1v) is 8.16. The average molecular weight is 314 g/mol.